The Morgan fingerprint density at radius 1 is 1.29 bits per heavy atom. The van der Waals surface area contributed by atoms with Gasteiger partial charge in [-0.1, -0.05) is 50.1 Å². The first kappa shape index (κ1) is 13.7. The van der Waals surface area contributed by atoms with Crippen LogP contribution in [-0.2, 0) is 4.79 Å². The van der Waals surface area contributed by atoms with Crippen molar-refractivity contribution in [2.75, 3.05) is 6.61 Å². The van der Waals surface area contributed by atoms with Gasteiger partial charge in [0.05, 0.1) is 12.6 Å². The van der Waals surface area contributed by atoms with E-state index in [0.717, 1.165) is 24.8 Å². The van der Waals surface area contributed by atoms with Crippen molar-refractivity contribution in [3.63, 3.8) is 0 Å². The summed E-state index contributed by atoms with van der Waals surface area (Å²) in [5, 5.41) is 12.1. The molecule has 0 aliphatic carbocycles. The largest absolute Gasteiger partial charge is 0.394 e. The van der Waals surface area contributed by atoms with Crippen molar-refractivity contribution in [2.45, 2.75) is 38.6 Å². The van der Waals surface area contributed by atoms with Gasteiger partial charge in [-0.05, 0) is 12.0 Å². The standard InChI is InChI=1S/C14H21NO2/c1-2-3-5-10-14(17)15-13(11-16)12-8-6-4-7-9-12/h4,6-9,13,16H,2-3,5,10-11H2,1H3,(H,15,17)/t13-/m0/s1. The van der Waals surface area contributed by atoms with Gasteiger partial charge >= 0.3 is 0 Å². The number of aliphatic hydroxyl groups excluding tert-OH is 1. The Kier molecular flexibility index (Phi) is 6.33. The molecule has 0 bridgehead atoms. The molecule has 1 rings (SSSR count). The molecule has 0 heterocycles. The normalized spacial score (nSPS) is 12.1. The van der Waals surface area contributed by atoms with Crippen molar-refractivity contribution in [3.8, 4) is 0 Å². The number of unbranched alkanes of at least 4 members (excludes halogenated alkanes) is 2. The predicted octanol–water partition coefficient (Wildman–Crippen LogP) is 2.42. The number of benzene rings is 1. The first-order valence-electron chi connectivity index (χ1n) is 6.23. The SMILES string of the molecule is CCCCCC(=O)N[C@@H](CO)c1ccccc1. The van der Waals surface area contributed by atoms with Crippen molar-refractivity contribution >= 4 is 5.91 Å². The lowest BCUT2D eigenvalue weighted by atomic mass is 10.1. The molecule has 0 aromatic heterocycles. The maximum atomic E-state index is 11.6. The summed E-state index contributed by atoms with van der Waals surface area (Å²) in [4.78, 5) is 11.6. The summed E-state index contributed by atoms with van der Waals surface area (Å²) in [6.45, 7) is 2.04. The van der Waals surface area contributed by atoms with Crippen LogP contribution in [0.25, 0.3) is 0 Å². The van der Waals surface area contributed by atoms with E-state index in [4.69, 9.17) is 0 Å². The molecule has 0 aliphatic rings. The summed E-state index contributed by atoms with van der Waals surface area (Å²) in [5.41, 5.74) is 0.943. The summed E-state index contributed by atoms with van der Waals surface area (Å²) < 4.78 is 0. The van der Waals surface area contributed by atoms with Crippen LogP contribution in [0.3, 0.4) is 0 Å². The topological polar surface area (TPSA) is 49.3 Å². The number of rotatable bonds is 7. The fourth-order valence-corrected chi connectivity index (χ4v) is 1.72. The zero-order valence-corrected chi connectivity index (χ0v) is 10.4. The molecule has 2 N–H and O–H groups in total. The number of hydrogen-bond acceptors (Lipinski definition) is 2. The molecule has 1 amide bonds. The minimum absolute atomic E-state index is 0.0151. The number of aliphatic hydroxyl groups is 1. The summed E-state index contributed by atoms with van der Waals surface area (Å²) in [5.74, 6) is 0.0151. The van der Waals surface area contributed by atoms with E-state index in [2.05, 4.69) is 12.2 Å². The summed E-state index contributed by atoms with van der Waals surface area (Å²) in [6.07, 6.45) is 3.63. The first-order valence-corrected chi connectivity index (χ1v) is 6.23. The van der Waals surface area contributed by atoms with Crippen LogP contribution >= 0.6 is 0 Å². The Balaban J connectivity index is 2.44. The van der Waals surface area contributed by atoms with Crippen LogP contribution in [0.2, 0.25) is 0 Å². The zero-order chi connectivity index (χ0) is 12.5. The molecular weight excluding hydrogens is 214 g/mol. The Morgan fingerprint density at radius 3 is 2.59 bits per heavy atom. The second kappa shape index (κ2) is 7.85. The predicted molar refractivity (Wildman–Crippen MR) is 68.6 cm³/mol. The van der Waals surface area contributed by atoms with Crippen molar-refractivity contribution in [2.24, 2.45) is 0 Å². The van der Waals surface area contributed by atoms with Gasteiger partial charge in [-0.2, -0.15) is 0 Å². The molecule has 3 heteroatoms. The molecule has 17 heavy (non-hydrogen) atoms. The molecule has 3 nitrogen and oxygen atoms in total. The van der Waals surface area contributed by atoms with Crippen LogP contribution in [0.15, 0.2) is 30.3 Å². The van der Waals surface area contributed by atoms with E-state index in [1.165, 1.54) is 0 Å². The number of carbonyl (C=O) groups is 1. The first-order chi connectivity index (χ1) is 8.27. The third-order valence-electron chi connectivity index (χ3n) is 2.73. The summed E-state index contributed by atoms with van der Waals surface area (Å²) >= 11 is 0. The highest BCUT2D eigenvalue weighted by Crippen LogP contribution is 2.12. The minimum Gasteiger partial charge on any atom is -0.394 e. The van der Waals surface area contributed by atoms with Gasteiger partial charge < -0.3 is 10.4 Å². The highest BCUT2D eigenvalue weighted by Gasteiger charge is 2.12. The van der Waals surface area contributed by atoms with Gasteiger partial charge in [-0.3, -0.25) is 4.79 Å². The fraction of sp³-hybridized carbons (Fsp3) is 0.500. The highest BCUT2D eigenvalue weighted by atomic mass is 16.3. The molecule has 94 valence electrons. The third-order valence-corrected chi connectivity index (χ3v) is 2.73. The van der Waals surface area contributed by atoms with Crippen LogP contribution in [0.4, 0.5) is 0 Å². The van der Waals surface area contributed by atoms with E-state index in [-0.39, 0.29) is 18.6 Å². The van der Waals surface area contributed by atoms with Gasteiger partial charge in [-0.25, -0.2) is 0 Å². The number of hydrogen-bond donors (Lipinski definition) is 2. The smallest absolute Gasteiger partial charge is 0.220 e. The monoisotopic (exact) mass is 235 g/mol. The summed E-state index contributed by atoms with van der Waals surface area (Å²) in [7, 11) is 0. The average molecular weight is 235 g/mol. The maximum Gasteiger partial charge on any atom is 0.220 e. The number of amides is 1. The van der Waals surface area contributed by atoms with Crippen LogP contribution < -0.4 is 5.32 Å². The van der Waals surface area contributed by atoms with Gasteiger partial charge in [0.2, 0.25) is 5.91 Å². The fourth-order valence-electron chi connectivity index (χ4n) is 1.72. The van der Waals surface area contributed by atoms with Crippen molar-refractivity contribution in [3.05, 3.63) is 35.9 Å². The zero-order valence-electron chi connectivity index (χ0n) is 10.4. The molecular formula is C14H21NO2. The van der Waals surface area contributed by atoms with Crippen LogP contribution in [0.1, 0.15) is 44.2 Å². The highest BCUT2D eigenvalue weighted by molar-refractivity contribution is 5.76. The van der Waals surface area contributed by atoms with E-state index in [1.54, 1.807) is 0 Å². The van der Waals surface area contributed by atoms with E-state index >= 15 is 0 Å². The minimum atomic E-state index is -0.287. The quantitative estimate of drug-likeness (QED) is 0.713. The molecule has 0 fully saturated rings. The Hall–Kier alpha value is -1.35. The Labute approximate surface area is 103 Å². The second-order valence-electron chi connectivity index (χ2n) is 4.17. The van der Waals surface area contributed by atoms with Crippen molar-refractivity contribution in [1.82, 2.24) is 5.32 Å². The van der Waals surface area contributed by atoms with Crippen molar-refractivity contribution in [1.29, 1.82) is 0 Å². The Bertz CT molecular complexity index is 324. The molecule has 1 aromatic rings. The van der Waals surface area contributed by atoms with Gasteiger partial charge in [-0.15, -0.1) is 0 Å². The lowest BCUT2D eigenvalue weighted by Gasteiger charge is -2.16. The van der Waals surface area contributed by atoms with Crippen molar-refractivity contribution < 1.29 is 9.90 Å². The van der Waals surface area contributed by atoms with E-state index in [9.17, 15) is 9.90 Å². The van der Waals surface area contributed by atoms with Crippen LogP contribution in [0, 0.1) is 0 Å². The van der Waals surface area contributed by atoms with Gasteiger partial charge in [0.15, 0.2) is 0 Å². The van der Waals surface area contributed by atoms with E-state index < -0.39 is 0 Å². The average Bonchev–Trinajstić information content (AvgIpc) is 2.37. The molecule has 0 saturated carbocycles. The van der Waals surface area contributed by atoms with Crippen LogP contribution in [0.5, 0.6) is 0 Å². The molecule has 0 saturated heterocycles. The molecule has 1 atom stereocenters. The molecule has 0 radical (unpaired) electrons. The van der Waals surface area contributed by atoms with Gasteiger partial charge in [0, 0.05) is 6.42 Å². The van der Waals surface area contributed by atoms with Gasteiger partial charge in [0.1, 0.15) is 0 Å². The van der Waals surface area contributed by atoms with Gasteiger partial charge in [0.25, 0.3) is 0 Å². The maximum absolute atomic E-state index is 11.6. The van der Waals surface area contributed by atoms with E-state index in [0.29, 0.717) is 6.42 Å². The lowest BCUT2D eigenvalue weighted by molar-refractivity contribution is -0.122. The molecule has 0 unspecified atom stereocenters. The molecule has 0 spiro atoms. The summed E-state index contributed by atoms with van der Waals surface area (Å²) in [6, 6.07) is 9.26. The number of carbonyl (C=O) groups excluding carboxylic acids is 1. The number of nitrogens with one attached hydrogen (secondary N) is 1. The van der Waals surface area contributed by atoms with E-state index in [1.807, 2.05) is 30.3 Å². The Morgan fingerprint density at radius 2 is 2.00 bits per heavy atom. The van der Waals surface area contributed by atoms with Crippen LogP contribution in [-0.4, -0.2) is 17.6 Å². The molecule has 1 aromatic carbocycles. The second-order valence-corrected chi connectivity index (χ2v) is 4.17. The molecule has 0 aliphatic heterocycles. The third kappa shape index (κ3) is 5.00. The lowest BCUT2D eigenvalue weighted by Crippen LogP contribution is -2.30.